The van der Waals surface area contributed by atoms with E-state index < -0.39 is 0 Å². The topological polar surface area (TPSA) is 76.2 Å². The number of furan rings is 1. The van der Waals surface area contributed by atoms with Crippen LogP contribution in [0.25, 0.3) is 0 Å². The van der Waals surface area contributed by atoms with E-state index in [9.17, 15) is 4.79 Å². The van der Waals surface area contributed by atoms with E-state index in [0.29, 0.717) is 25.0 Å². The van der Waals surface area contributed by atoms with Crippen LogP contribution in [0, 0.1) is 5.92 Å². The van der Waals surface area contributed by atoms with Gasteiger partial charge in [-0.05, 0) is 44.2 Å². The van der Waals surface area contributed by atoms with Crippen LogP contribution in [-0.4, -0.2) is 31.7 Å². The number of aromatic nitrogens is 3. The van der Waals surface area contributed by atoms with Crippen LogP contribution in [0.2, 0.25) is 0 Å². The van der Waals surface area contributed by atoms with Crippen LogP contribution in [0.5, 0.6) is 0 Å². The van der Waals surface area contributed by atoms with Crippen molar-refractivity contribution < 1.29 is 9.21 Å². The van der Waals surface area contributed by atoms with Gasteiger partial charge in [-0.2, -0.15) is 0 Å². The van der Waals surface area contributed by atoms with E-state index in [0.717, 1.165) is 42.6 Å². The van der Waals surface area contributed by atoms with Crippen molar-refractivity contribution in [2.75, 3.05) is 0 Å². The predicted octanol–water partition coefficient (Wildman–Crippen LogP) is 2.89. The molecule has 2 saturated carbocycles. The lowest BCUT2D eigenvalue weighted by molar-refractivity contribution is 0.185. The molecule has 134 valence electrons. The summed E-state index contributed by atoms with van der Waals surface area (Å²) in [6.45, 7) is 5.97. The molecule has 0 saturated heterocycles. The van der Waals surface area contributed by atoms with Crippen LogP contribution < -0.4 is 5.32 Å². The molecule has 0 radical (unpaired) electrons. The van der Waals surface area contributed by atoms with Crippen molar-refractivity contribution in [2.45, 2.75) is 64.7 Å². The molecule has 0 aliphatic heterocycles. The van der Waals surface area contributed by atoms with Crippen molar-refractivity contribution in [3.05, 3.63) is 35.8 Å². The highest BCUT2D eigenvalue weighted by molar-refractivity contribution is 5.74. The lowest BCUT2D eigenvalue weighted by Crippen LogP contribution is -2.40. The van der Waals surface area contributed by atoms with Gasteiger partial charge in [0.05, 0.1) is 13.1 Å². The minimum atomic E-state index is -0.0640. The molecule has 1 N–H and O–H groups in total. The minimum Gasteiger partial charge on any atom is -0.464 e. The number of urea groups is 1. The lowest BCUT2D eigenvalue weighted by Gasteiger charge is -2.21. The van der Waals surface area contributed by atoms with Crippen LogP contribution in [-0.2, 0) is 19.6 Å². The number of carbonyl (C=O) groups excluding carboxylic acids is 1. The number of nitrogens with one attached hydrogen (secondary N) is 1. The van der Waals surface area contributed by atoms with E-state index in [4.69, 9.17) is 4.42 Å². The van der Waals surface area contributed by atoms with Crippen LogP contribution in [0.4, 0.5) is 4.79 Å². The van der Waals surface area contributed by atoms with Gasteiger partial charge in [0.1, 0.15) is 17.8 Å². The molecule has 0 unspecified atom stereocenters. The minimum absolute atomic E-state index is 0.0640. The quantitative estimate of drug-likeness (QED) is 0.839. The third-order valence-electron chi connectivity index (χ3n) is 5.17. The summed E-state index contributed by atoms with van der Waals surface area (Å²) < 4.78 is 7.90. The van der Waals surface area contributed by atoms with Gasteiger partial charge < -0.3 is 19.2 Å². The molecule has 0 aromatic carbocycles. The molecule has 0 spiro atoms. The molecule has 2 fully saturated rings. The highest BCUT2D eigenvalue weighted by atomic mass is 16.3. The van der Waals surface area contributed by atoms with Crippen molar-refractivity contribution in [3.63, 3.8) is 0 Å². The maximum Gasteiger partial charge on any atom is 0.318 e. The van der Waals surface area contributed by atoms with Crippen LogP contribution in [0.15, 0.2) is 22.9 Å². The Kier molecular flexibility index (Phi) is 4.23. The number of nitrogens with zero attached hydrogens (tertiary/aromatic N) is 4. The van der Waals surface area contributed by atoms with Gasteiger partial charge in [-0.1, -0.05) is 6.92 Å². The number of aryl methyl sites for hydroxylation is 1. The molecule has 2 aliphatic carbocycles. The highest BCUT2D eigenvalue weighted by Gasteiger charge is 2.37. The molecule has 7 nitrogen and oxygen atoms in total. The normalized spacial score (nSPS) is 22.0. The molecule has 4 rings (SSSR count). The molecule has 2 aromatic heterocycles. The van der Waals surface area contributed by atoms with Crippen molar-refractivity contribution in [1.82, 2.24) is 25.0 Å². The molecule has 0 bridgehead atoms. The molecular weight excluding hydrogens is 318 g/mol. The first-order chi connectivity index (χ1) is 12.2. The van der Waals surface area contributed by atoms with Gasteiger partial charge in [0.15, 0.2) is 5.82 Å². The Bertz CT molecular complexity index is 748. The monoisotopic (exact) mass is 343 g/mol. The van der Waals surface area contributed by atoms with E-state index in [-0.39, 0.29) is 6.03 Å². The Hall–Kier alpha value is -2.31. The number of hydrogen-bond donors (Lipinski definition) is 1. The van der Waals surface area contributed by atoms with Crippen molar-refractivity contribution >= 4 is 6.03 Å². The van der Waals surface area contributed by atoms with E-state index in [2.05, 4.69) is 28.5 Å². The summed E-state index contributed by atoms with van der Waals surface area (Å²) in [5, 5.41) is 10.9. The zero-order valence-corrected chi connectivity index (χ0v) is 14.8. The fourth-order valence-electron chi connectivity index (χ4n) is 3.25. The summed E-state index contributed by atoms with van der Waals surface area (Å²) in [5.41, 5.74) is 0. The number of carbonyl (C=O) groups is 1. The van der Waals surface area contributed by atoms with E-state index in [1.807, 2.05) is 22.5 Å². The first-order valence-corrected chi connectivity index (χ1v) is 9.15. The summed E-state index contributed by atoms with van der Waals surface area (Å²) in [5.74, 6) is 3.99. The van der Waals surface area contributed by atoms with Gasteiger partial charge in [-0.15, -0.1) is 10.2 Å². The molecule has 7 heteroatoms. The fourth-order valence-corrected chi connectivity index (χ4v) is 3.25. The molecule has 2 aliphatic rings. The van der Waals surface area contributed by atoms with Gasteiger partial charge in [0.2, 0.25) is 0 Å². The van der Waals surface area contributed by atoms with Gasteiger partial charge in [-0.3, -0.25) is 0 Å². The van der Waals surface area contributed by atoms with Gasteiger partial charge in [0.25, 0.3) is 0 Å². The van der Waals surface area contributed by atoms with Crippen molar-refractivity contribution in [2.24, 2.45) is 5.92 Å². The van der Waals surface area contributed by atoms with Crippen LogP contribution in [0.1, 0.15) is 56.4 Å². The summed E-state index contributed by atoms with van der Waals surface area (Å²) in [7, 11) is 0. The average Bonchev–Trinajstić information content (AvgIpc) is 3.48. The second-order valence-corrected chi connectivity index (χ2v) is 7.17. The van der Waals surface area contributed by atoms with Crippen molar-refractivity contribution in [3.8, 4) is 0 Å². The summed E-state index contributed by atoms with van der Waals surface area (Å²) in [6, 6.07) is 4.33. The third-order valence-corrected chi connectivity index (χ3v) is 5.17. The van der Waals surface area contributed by atoms with Gasteiger partial charge >= 0.3 is 6.03 Å². The zero-order chi connectivity index (χ0) is 17.4. The number of amides is 2. The number of hydrogen-bond acceptors (Lipinski definition) is 4. The molecule has 2 heterocycles. The smallest absolute Gasteiger partial charge is 0.318 e. The predicted molar refractivity (Wildman–Crippen MR) is 91.7 cm³/mol. The molecule has 2 amide bonds. The largest absolute Gasteiger partial charge is 0.464 e. The van der Waals surface area contributed by atoms with E-state index in [1.54, 1.807) is 6.33 Å². The van der Waals surface area contributed by atoms with Crippen LogP contribution in [0.3, 0.4) is 0 Å². The van der Waals surface area contributed by atoms with Gasteiger partial charge in [0, 0.05) is 18.5 Å². The summed E-state index contributed by atoms with van der Waals surface area (Å²) >= 11 is 0. The first kappa shape index (κ1) is 16.2. The lowest BCUT2D eigenvalue weighted by atomic mass is 10.3. The summed E-state index contributed by atoms with van der Waals surface area (Å²) in [4.78, 5) is 14.5. The fraction of sp³-hybridized carbons (Fsp3) is 0.611. The van der Waals surface area contributed by atoms with Crippen LogP contribution >= 0.6 is 0 Å². The maximum atomic E-state index is 12.6. The Morgan fingerprint density at radius 2 is 2.24 bits per heavy atom. The standard InChI is InChI=1S/C18H25N5O2/c1-3-22-11-20-21-17(22)9-19-18(24)23(13-4-5-13)10-14-6-7-16(25-14)15-8-12(15)2/h6-7,11-13,15H,3-5,8-10H2,1-2H3,(H,19,24)/t12-,15-/m0/s1. The third kappa shape index (κ3) is 3.55. The Labute approximate surface area is 147 Å². The molecular formula is C18H25N5O2. The van der Waals surface area contributed by atoms with Gasteiger partial charge in [-0.25, -0.2) is 4.79 Å². The zero-order valence-electron chi connectivity index (χ0n) is 14.8. The van der Waals surface area contributed by atoms with E-state index >= 15 is 0 Å². The van der Waals surface area contributed by atoms with Crippen molar-refractivity contribution in [1.29, 1.82) is 0 Å². The second-order valence-electron chi connectivity index (χ2n) is 7.17. The summed E-state index contributed by atoms with van der Waals surface area (Å²) in [6.07, 6.45) is 5.01. The number of rotatable bonds is 7. The Morgan fingerprint density at radius 3 is 2.92 bits per heavy atom. The average molecular weight is 343 g/mol. The molecule has 2 atom stereocenters. The first-order valence-electron chi connectivity index (χ1n) is 9.15. The highest BCUT2D eigenvalue weighted by Crippen LogP contribution is 2.47. The Balaban J connectivity index is 1.37. The molecule has 2 aromatic rings. The van der Waals surface area contributed by atoms with E-state index in [1.165, 1.54) is 6.42 Å². The Morgan fingerprint density at radius 1 is 1.44 bits per heavy atom. The SMILES string of the molecule is CCn1cnnc1CNC(=O)N(Cc1ccc([C@H]2C[C@@H]2C)o1)C1CC1. The maximum absolute atomic E-state index is 12.6. The second kappa shape index (κ2) is 6.54. The molecule has 25 heavy (non-hydrogen) atoms.